The van der Waals surface area contributed by atoms with Gasteiger partial charge in [-0.05, 0) is 25.1 Å². The standard InChI is InChI=1S/C13H13NO5/c1-8-10(14-7-19-8)6-18-12-5-9(13(15)16)3-4-11(12)17-2/h3-5,7H,6H2,1-2H3,(H,15,16). The van der Waals surface area contributed by atoms with E-state index in [9.17, 15) is 4.79 Å². The van der Waals surface area contributed by atoms with Crippen molar-refractivity contribution in [3.05, 3.63) is 41.6 Å². The van der Waals surface area contributed by atoms with Crippen molar-refractivity contribution in [2.24, 2.45) is 0 Å². The number of nitrogens with zero attached hydrogens (tertiary/aromatic N) is 1. The molecule has 0 atom stereocenters. The largest absolute Gasteiger partial charge is 0.493 e. The van der Waals surface area contributed by atoms with Gasteiger partial charge in [-0.15, -0.1) is 0 Å². The van der Waals surface area contributed by atoms with Gasteiger partial charge in [-0.3, -0.25) is 0 Å². The van der Waals surface area contributed by atoms with Crippen LogP contribution in [0.2, 0.25) is 0 Å². The van der Waals surface area contributed by atoms with Crippen molar-refractivity contribution in [3.63, 3.8) is 0 Å². The monoisotopic (exact) mass is 263 g/mol. The van der Waals surface area contributed by atoms with E-state index in [0.29, 0.717) is 23.0 Å². The molecule has 0 aliphatic heterocycles. The molecule has 0 unspecified atom stereocenters. The fraction of sp³-hybridized carbons (Fsp3) is 0.231. The van der Waals surface area contributed by atoms with Crippen LogP contribution in [-0.4, -0.2) is 23.2 Å². The Balaban J connectivity index is 2.20. The highest BCUT2D eigenvalue weighted by atomic mass is 16.5. The molecule has 6 nitrogen and oxygen atoms in total. The summed E-state index contributed by atoms with van der Waals surface area (Å²) in [6.07, 6.45) is 1.33. The van der Waals surface area contributed by atoms with E-state index in [1.54, 1.807) is 13.0 Å². The number of carboxylic acids is 1. The minimum absolute atomic E-state index is 0.132. The number of rotatable bonds is 5. The van der Waals surface area contributed by atoms with Crippen LogP contribution in [0.4, 0.5) is 0 Å². The lowest BCUT2D eigenvalue weighted by Crippen LogP contribution is -2.02. The maximum absolute atomic E-state index is 10.9. The van der Waals surface area contributed by atoms with Crippen molar-refractivity contribution in [1.82, 2.24) is 4.98 Å². The number of hydrogen-bond acceptors (Lipinski definition) is 5. The summed E-state index contributed by atoms with van der Waals surface area (Å²) in [5.74, 6) is 0.453. The van der Waals surface area contributed by atoms with E-state index in [-0.39, 0.29) is 12.2 Å². The predicted molar refractivity (Wildman–Crippen MR) is 65.5 cm³/mol. The normalized spacial score (nSPS) is 10.2. The van der Waals surface area contributed by atoms with Gasteiger partial charge >= 0.3 is 5.97 Å². The molecule has 0 fully saturated rings. The van der Waals surface area contributed by atoms with Gasteiger partial charge in [0.25, 0.3) is 0 Å². The van der Waals surface area contributed by atoms with E-state index in [0.717, 1.165) is 0 Å². The molecule has 1 N–H and O–H groups in total. The van der Waals surface area contributed by atoms with Crippen LogP contribution in [0, 0.1) is 6.92 Å². The smallest absolute Gasteiger partial charge is 0.335 e. The maximum atomic E-state index is 10.9. The maximum Gasteiger partial charge on any atom is 0.335 e. The van der Waals surface area contributed by atoms with Crippen LogP contribution in [0.3, 0.4) is 0 Å². The van der Waals surface area contributed by atoms with Gasteiger partial charge in [0.15, 0.2) is 17.9 Å². The molecule has 19 heavy (non-hydrogen) atoms. The molecule has 100 valence electrons. The fourth-order valence-electron chi connectivity index (χ4n) is 1.54. The van der Waals surface area contributed by atoms with Crippen LogP contribution in [0.1, 0.15) is 21.8 Å². The summed E-state index contributed by atoms with van der Waals surface area (Å²) in [6, 6.07) is 4.42. The number of hydrogen-bond donors (Lipinski definition) is 1. The zero-order valence-corrected chi connectivity index (χ0v) is 10.5. The summed E-state index contributed by atoms with van der Waals surface area (Å²) < 4.78 is 15.7. The zero-order valence-electron chi connectivity index (χ0n) is 10.5. The summed E-state index contributed by atoms with van der Waals surface area (Å²) in [7, 11) is 1.49. The summed E-state index contributed by atoms with van der Waals surface area (Å²) >= 11 is 0. The quantitative estimate of drug-likeness (QED) is 0.891. The van der Waals surface area contributed by atoms with Crippen molar-refractivity contribution in [2.45, 2.75) is 13.5 Å². The SMILES string of the molecule is COc1ccc(C(=O)O)cc1OCc1ncoc1C. The fourth-order valence-corrected chi connectivity index (χ4v) is 1.54. The summed E-state index contributed by atoms with van der Waals surface area (Å²) in [5.41, 5.74) is 0.787. The van der Waals surface area contributed by atoms with Gasteiger partial charge in [0.2, 0.25) is 0 Å². The Hall–Kier alpha value is -2.50. The number of carboxylic acid groups (broad SMARTS) is 1. The summed E-state index contributed by atoms with van der Waals surface area (Å²) in [4.78, 5) is 14.9. The van der Waals surface area contributed by atoms with Gasteiger partial charge < -0.3 is 19.0 Å². The molecule has 0 aliphatic rings. The van der Waals surface area contributed by atoms with E-state index in [1.807, 2.05) is 0 Å². The highest BCUT2D eigenvalue weighted by Gasteiger charge is 2.11. The van der Waals surface area contributed by atoms with Gasteiger partial charge in [-0.1, -0.05) is 0 Å². The molecule has 0 saturated carbocycles. The van der Waals surface area contributed by atoms with Gasteiger partial charge in [0, 0.05) is 0 Å². The Morgan fingerprint density at radius 1 is 1.42 bits per heavy atom. The predicted octanol–water partition coefficient (Wildman–Crippen LogP) is 2.27. The second kappa shape index (κ2) is 5.43. The number of aromatic carboxylic acids is 1. The molecule has 2 rings (SSSR count). The van der Waals surface area contributed by atoms with Crippen LogP contribution >= 0.6 is 0 Å². The molecular formula is C13H13NO5. The molecule has 0 radical (unpaired) electrons. The van der Waals surface area contributed by atoms with Gasteiger partial charge in [-0.2, -0.15) is 0 Å². The molecule has 2 aromatic rings. The van der Waals surface area contributed by atoms with E-state index in [1.165, 1.54) is 25.6 Å². The Kier molecular flexibility index (Phi) is 3.70. The van der Waals surface area contributed by atoms with E-state index in [2.05, 4.69) is 4.98 Å². The third-order valence-electron chi connectivity index (χ3n) is 2.62. The van der Waals surface area contributed by atoms with Gasteiger partial charge in [0.1, 0.15) is 18.1 Å². The molecule has 6 heteroatoms. The second-order valence-corrected chi connectivity index (χ2v) is 3.81. The summed E-state index contributed by atoms with van der Waals surface area (Å²) in [6.45, 7) is 1.96. The number of benzene rings is 1. The van der Waals surface area contributed by atoms with E-state index in [4.69, 9.17) is 19.0 Å². The first kappa shape index (κ1) is 12.9. The third-order valence-corrected chi connectivity index (χ3v) is 2.62. The first-order chi connectivity index (χ1) is 9.11. The second-order valence-electron chi connectivity index (χ2n) is 3.81. The Bertz CT molecular complexity index is 590. The molecule has 1 heterocycles. The van der Waals surface area contributed by atoms with E-state index < -0.39 is 5.97 Å². The number of methoxy groups -OCH3 is 1. The van der Waals surface area contributed by atoms with Crippen LogP contribution in [0.25, 0.3) is 0 Å². The molecule has 0 bridgehead atoms. The number of oxazole rings is 1. The molecule has 0 amide bonds. The molecule has 0 spiro atoms. The molecular weight excluding hydrogens is 250 g/mol. The number of aryl methyl sites for hydroxylation is 1. The minimum Gasteiger partial charge on any atom is -0.493 e. The highest BCUT2D eigenvalue weighted by molar-refractivity contribution is 5.88. The third kappa shape index (κ3) is 2.85. The van der Waals surface area contributed by atoms with E-state index >= 15 is 0 Å². The van der Waals surface area contributed by atoms with Crippen molar-refractivity contribution in [1.29, 1.82) is 0 Å². The Morgan fingerprint density at radius 3 is 2.79 bits per heavy atom. The molecule has 0 aliphatic carbocycles. The lowest BCUT2D eigenvalue weighted by Gasteiger charge is -2.10. The minimum atomic E-state index is -1.02. The lowest BCUT2D eigenvalue weighted by molar-refractivity contribution is 0.0696. The van der Waals surface area contributed by atoms with Crippen molar-refractivity contribution in [3.8, 4) is 11.5 Å². The van der Waals surface area contributed by atoms with Crippen LogP contribution < -0.4 is 9.47 Å². The van der Waals surface area contributed by atoms with Gasteiger partial charge in [0.05, 0.1) is 12.7 Å². The van der Waals surface area contributed by atoms with Crippen molar-refractivity contribution < 1.29 is 23.8 Å². The molecule has 0 saturated heterocycles. The summed E-state index contributed by atoms with van der Waals surface area (Å²) in [5, 5.41) is 8.95. The number of ether oxygens (including phenoxy) is 2. The first-order valence-electron chi connectivity index (χ1n) is 5.55. The van der Waals surface area contributed by atoms with Crippen molar-refractivity contribution >= 4 is 5.97 Å². The Labute approximate surface area is 109 Å². The Morgan fingerprint density at radius 2 is 2.21 bits per heavy atom. The average molecular weight is 263 g/mol. The first-order valence-corrected chi connectivity index (χ1v) is 5.55. The number of aromatic nitrogens is 1. The van der Waals surface area contributed by atoms with Crippen LogP contribution in [0.5, 0.6) is 11.5 Å². The zero-order chi connectivity index (χ0) is 13.8. The van der Waals surface area contributed by atoms with Crippen molar-refractivity contribution in [2.75, 3.05) is 7.11 Å². The number of carbonyl (C=O) groups is 1. The van der Waals surface area contributed by atoms with Crippen LogP contribution in [0.15, 0.2) is 29.0 Å². The lowest BCUT2D eigenvalue weighted by atomic mass is 10.2. The topological polar surface area (TPSA) is 81.8 Å². The highest BCUT2D eigenvalue weighted by Crippen LogP contribution is 2.29. The van der Waals surface area contributed by atoms with Gasteiger partial charge in [-0.25, -0.2) is 9.78 Å². The molecule has 1 aromatic heterocycles. The average Bonchev–Trinajstić information content (AvgIpc) is 2.81. The van der Waals surface area contributed by atoms with Crippen LogP contribution in [-0.2, 0) is 6.61 Å². The molecule has 1 aromatic carbocycles.